The molecule has 1 fully saturated rings. The fraction of sp³-hybridized carbons (Fsp3) is 0.263. The minimum Gasteiger partial charge on any atom is -0.322 e. The molecule has 2 aromatic carbocycles. The summed E-state index contributed by atoms with van der Waals surface area (Å²) in [5, 5.41) is 5.07. The third-order valence-corrected chi connectivity index (χ3v) is 4.16. The number of urea groups is 1. The van der Waals surface area contributed by atoms with E-state index in [2.05, 4.69) is 39.8 Å². The highest BCUT2D eigenvalue weighted by molar-refractivity contribution is 6.06. The Hall–Kier alpha value is -2.66. The van der Waals surface area contributed by atoms with Crippen LogP contribution in [0.15, 0.2) is 60.7 Å². The van der Waals surface area contributed by atoms with Crippen LogP contribution in [0.1, 0.15) is 18.1 Å². The van der Waals surface area contributed by atoms with Crippen molar-refractivity contribution >= 4 is 11.9 Å². The fourth-order valence-electron chi connectivity index (χ4n) is 2.99. The Balaban J connectivity index is 1.79. The van der Waals surface area contributed by atoms with Gasteiger partial charge in [-0.15, -0.1) is 0 Å². The minimum absolute atomic E-state index is 0.279. The van der Waals surface area contributed by atoms with E-state index < -0.39 is 11.6 Å². The molecule has 1 atom stereocenters. The number of carbonyl (C=O) groups is 2. The maximum atomic E-state index is 12.1. The van der Waals surface area contributed by atoms with Gasteiger partial charge in [-0.2, -0.15) is 0 Å². The van der Waals surface area contributed by atoms with Crippen molar-refractivity contribution in [2.75, 3.05) is 6.54 Å². The van der Waals surface area contributed by atoms with Crippen molar-refractivity contribution in [2.24, 2.45) is 0 Å². The summed E-state index contributed by atoms with van der Waals surface area (Å²) in [6.45, 7) is 3.60. The lowest BCUT2D eigenvalue weighted by Gasteiger charge is -2.30. The van der Waals surface area contributed by atoms with Crippen LogP contribution in [0.25, 0.3) is 0 Å². The van der Waals surface area contributed by atoms with Crippen molar-refractivity contribution in [1.82, 2.24) is 15.5 Å². The molecule has 2 N–H and O–H groups in total. The van der Waals surface area contributed by atoms with Crippen LogP contribution in [-0.2, 0) is 17.9 Å². The number of hydrogen-bond acceptors (Lipinski definition) is 3. The van der Waals surface area contributed by atoms with Crippen LogP contribution >= 0.6 is 0 Å². The molecule has 3 rings (SSSR count). The molecule has 0 bridgehead atoms. The van der Waals surface area contributed by atoms with Gasteiger partial charge in [0.2, 0.25) is 0 Å². The molecule has 124 valence electrons. The van der Waals surface area contributed by atoms with E-state index in [9.17, 15) is 9.59 Å². The van der Waals surface area contributed by atoms with Crippen molar-refractivity contribution in [1.29, 1.82) is 0 Å². The van der Waals surface area contributed by atoms with E-state index in [1.165, 1.54) is 11.1 Å². The molecule has 0 saturated carbocycles. The summed E-state index contributed by atoms with van der Waals surface area (Å²) in [5.74, 6) is -0.279. The standard InChI is InChI=1S/C19H21N3O2/c1-19(17(23)20-18(24)21-19)14-22(12-15-8-4-2-5-9-15)13-16-10-6-3-7-11-16/h2-11H,12-14H2,1H3,(H2,20,21,23,24)/t19-/m1/s1. The Morgan fingerprint density at radius 3 is 1.79 bits per heavy atom. The second-order valence-electron chi connectivity index (χ2n) is 6.36. The third kappa shape index (κ3) is 3.81. The topological polar surface area (TPSA) is 61.4 Å². The van der Waals surface area contributed by atoms with Gasteiger partial charge in [0.25, 0.3) is 5.91 Å². The van der Waals surface area contributed by atoms with Gasteiger partial charge in [-0.25, -0.2) is 4.79 Å². The van der Waals surface area contributed by atoms with Crippen LogP contribution in [0.4, 0.5) is 4.79 Å². The molecule has 0 aromatic heterocycles. The summed E-state index contributed by atoms with van der Waals surface area (Å²) in [6.07, 6.45) is 0. The monoisotopic (exact) mass is 323 g/mol. The number of benzene rings is 2. The van der Waals surface area contributed by atoms with Crippen LogP contribution in [0.5, 0.6) is 0 Å². The largest absolute Gasteiger partial charge is 0.322 e. The van der Waals surface area contributed by atoms with E-state index >= 15 is 0 Å². The summed E-state index contributed by atoms with van der Waals surface area (Å²) >= 11 is 0. The number of nitrogens with one attached hydrogen (secondary N) is 2. The lowest BCUT2D eigenvalue weighted by molar-refractivity contribution is -0.124. The maximum absolute atomic E-state index is 12.1. The van der Waals surface area contributed by atoms with E-state index in [-0.39, 0.29) is 5.91 Å². The molecule has 0 aliphatic carbocycles. The van der Waals surface area contributed by atoms with Gasteiger partial charge in [0, 0.05) is 19.6 Å². The summed E-state index contributed by atoms with van der Waals surface area (Å²) in [7, 11) is 0. The number of rotatable bonds is 6. The zero-order valence-corrected chi connectivity index (χ0v) is 13.7. The number of hydrogen-bond donors (Lipinski definition) is 2. The van der Waals surface area contributed by atoms with E-state index in [0.29, 0.717) is 19.6 Å². The Morgan fingerprint density at radius 2 is 1.38 bits per heavy atom. The Bertz CT molecular complexity index is 676. The normalized spacial score (nSPS) is 20.1. The van der Waals surface area contributed by atoms with Crippen LogP contribution in [0, 0.1) is 0 Å². The molecule has 0 radical (unpaired) electrons. The average molecular weight is 323 g/mol. The highest BCUT2D eigenvalue weighted by Gasteiger charge is 2.43. The first-order chi connectivity index (χ1) is 11.5. The number of nitrogens with zero attached hydrogens (tertiary/aromatic N) is 1. The van der Waals surface area contributed by atoms with E-state index in [1.807, 2.05) is 36.4 Å². The first kappa shape index (κ1) is 16.2. The van der Waals surface area contributed by atoms with Gasteiger partial charge in [-0.3, -0.25) is 15.0 Å². The van der Waals surface area contributed by atoms with Gasteiger partial charge in [0.05, 0.1) is 0 Å². The number of carbonyl (C=O) groups excluding carboxylic acids is 2. The molecule has 3 amide bonds. The van der Waals surface area contributed by atoms with Crippen molar-refractivity contribution < 1.29 is 9.59 Å². The first-order valence-electron chi connectivity index (χ1n) is 7.99. The predicted octanol–water partition coefficient (Wildman–Crippen LogP) is 2.29. The van der Waals surface area contributed by atoms with E-state index in [4.69, 9.17) is 0 Å². The van der Waals surface area contributed by atoms with Crippen LogP contribution in [0.2, 0.25) is 0 Å². The van der Waals surface area contributed by atoms with Gasteiger partial charge in [-0.1, -0.05) is 60.7 Å². The van der Waals surface area contributed by atoms with E-state index in [0.717, 1.165) is 0 Å². The third-order valence-electron chi connectivity index (χ3n) is 4.16. The van der Waals surface area contributed by atoms with Gasteiger partial charge < -0.3 is 5.32 Å². The van der Waals surface area contributed by atoms with Crippen molar-refractivity contribution in [3.8, 4) is 0 Å². The quantitative estimate of drug-likeness (QED) is 0.802. The molecule has 1 aliphatic rings. The van der Waals surface area contributed by atoms with E-state index in [1.54, 1.807) is 6.92 Å². The summed E-state index contributed by atoms with van der Waals surface area (Å²) in [6, 6.07) is 19.8. The van der Waals surface area contributed by atoms with Crippen molar-refractivity contribution in [2.45, 2.75) is 25.6 Å². The summed E-state index contributed by atoms with van der Waals surface area (Å²) in [4.78, 5) is 25.8. The van der Waals surface area contributed by atoms with Crippen molar-refractivity contribution in [3.63, 3.8) is 0 Å². The number of amides is 3. The lowest BCUT2D eigenvalue weighted by atomic mass is 10.0. The second-order valence-corrected chi connectivity index (χ2v) is 6.36. The Labute approximate surface area is 141 Å². The molecule has 2 aromatic rings. The second kappa shape index (κ2) is 6.84. The Kier molecular flexibility index (Phi) is 4.62. The Morgan fingerprint density at radius 1 is 0.875 bits per heavy atom. The zero-order chi connectivity index (χ0) is 17.0. The molecule has 5 nitrogen and oxygen atoms in total. The maximum Gasteiger partial charge on any atom is 0.322 e. The highest BCUT2D eigenvalue weighted by atomic mass is 16.2. The molecular weight excluding hydrogens is 302 g/mol. The van der Waals surface area contributed by atoms with Crippen LogP contribution < -0.4 is 10.6 Å². The molecular formula is C19H21N3O2. The molecule has 0 unspecified atom stereocenters. The van der Waals surface area contributed by atoms with Gasteiger partial charge in [0.1, 0.15) is 5.54 Å². The molecule has 24 heavy (non-hydrogen) atoms. The molecule has 5 heteroatoms. The van der Waals surface area contributed by atoms with Crippen molar-refractivity contribution in [3.05, 3.63) is 71.8 Å². The zero-order valence-electron chi connectivity index (χ0n) is 13.7. The molecule has 1 heterocycles. The number of imide groups is 1. The summed E-state index contributed by atoms with van der Waals surface area (Å²) in [5.41, 5.74) is 1.42. The highest BCUT2D eigenvalue weighted by Crippen LogP contribution is 2.17. The van der Waals surface area contributed by atoms with Gasteiger partial charge in [0.15, 0.2) is 0 Å². The van der Waals surface area contributed by atoms with Gasteiger partial charge >= 0.3 is 6.03 Å². The minimum atomic E-state index is -0.916. The summed E-state index contributed by atoms with van der Waals surface area (Å²) < 4.78 is 0. The SMILES string of the molecule is C[C@]1(CN(Cc2ccccc2)Cc2ccccc2)NC(=O)NC1=O. The molecule has 0 spiro atoms. The lowest BCUT2D eigenvalue weighted by Crippen LogP contribution is -2.52. The average Bonchev–Trinajstić information content (AvgIpc) is 2.81. The first-order valence-corrected chi connectivity index (χ1v) is 7.99. The molecule has 1 saturated heterocycles. The smallest absolute Gasteiger partial charge is 0.322 e. The fourth-order valence-corrected chi connectivity index (χ4v) is 2.99. The van der Waals surface area contributed by atoms with Gasteiger partial charge in [-0.05, 0) is 18.1 Å². The predicted molar refractivity (Wildman–Crippen MR) is 92.1 cm³/mol. The molecule has 1 aliphatic heterocycles. The van der Waals surface area contributed by atoms with Crippen LogP contribution in [0.3, 0.4) is 0 Å². The van der Waals surface area contributed by atoms with Crippen LogP contribution in [-0.4, -0.2) is 28.9 Å².